The van der Waals surface area contributed by atoms with Gasteiger partial charge in [0.1, 0.15) is 11.3 Å². The summed E-state index contributed by atoms with van der Waals surface area (Å²) in [4.78, 5) is 0. The molecule has 0 aliphatic rings. The molecule has 0 bridgehead atoms. The second-order valence-electron chi connectivity index (χ2n) is 4.08. The van der Waals surface area contributed by atoms with Crippen LogP contribution in [0.15, 0.2) is 23.4 Å². The first-order valence-electron chi connectivity index (χ1n) is 5.57. The molecule has 0 aliphatic carbocycles. The standard InChI is InChI=1S/C12H12Cl2N4O2/c1-6-10(11(15)17-19)12(18(2)16-6)20-9-4-7(13)3-8(14)5-9/h3-5,19H,1-2H3,(H2,15,17). The number of oxime groups is 1. The van der Waals surface area contributed by atoms with Crippen LogP contribution in [-0.2, 0) is 7.05 Å². The van der Waals surface area contributed by atoms with E-state index in [0.717, 1.165) is 0 Å². The summed E-state index contributed by atoms with van der Waals surface area (Å²) < 4.78 is 7.19. The molecule has 6 nitrogen and oxygen atoms in total. The van der Waals surface area contributed by atoms with Gasteiger partial charge in [-0.15, -0.1) is 0 Å². The van der Waals surface area contributed by atoms with E-state index in [2.05, 4.69) is 10.3 Å². The number of ether oxygens (including phenoxy) is 1. The molecule has 20 heavy (non-hydrogen) atoms. The monoisotopic (exact) mass is 314 g/mol. The van der Waals surface area contributed by atoms with E-state index in [1.807, 2.05) is 0 Å². The summed E-state index contributed by atoms with van der Waals surface area (Å²) in [5.74, 6) is 0.673. The first kappa shape index (κ1) is 14.5. The van der Waals surface area contributed by atoms with E-state index in [9.17, 15) is 0 Å². The van der Waals surface area contributed by atoms with Crippen LogP contribution in [0.25, 0.3) is 0 Å². The molecule has 2 rings (SSSR count). The molecule has 8 heteroatoms. The number of nitrogens with zero attached hydrogens (tertiary/aromatic N) is 3. The van der Waals surface area contributed by atoms with Gasteiger partial charge in [0, 0.05) is 17.1 Å². The van der Waals surface area contributed by atoms with Crippen molar-refractivity contribution < 1.29 is 9.94 Å². The zero-order valence-electron chi connectivity index (χ0n) is 10.8. The Kier molecular flexibility index (Phi) is 4.06. The average Bonchev–Trinajstić information content (AvgIpc) is 2.62. The molecular formula is C12H12Cl2N4O2. The van der Waals surface area contributed by atoms with Gasteiger partial charge in [0.2, 0.25) is 5.88 Å². The van der Waals surface area contributed by atoms with Crippen LogP contribution >= 0.6 is 23.2 Å². The molecule has 0 spiro atoms. The van der Waals surface area contributed by atoms with Crippen LogP contribution in [0.1, 0.15) is 11.3 Å². The van der Waals surface area contributed by atoms with E-state index in [4.69, 9.17) is 38.9 Å². The Morgan fingerprint density at radius 2 is 1.95 bits per heavy atom. The number of aromatic nitrogens is 2. The maximum atomic E-state index is 8.83. The fraction of sp³-hybridized carbons (Fsp3) is 0.167. The minimum atomic E-state index is -0.0845. The first-order chi connectivity index (χ1) is 9.42. The number of benzene rings is 1. The summed E-state index contributed by atoms with van der Waals surface area (Å²) in [6.45, 7) is 1.73. The fourth-order valence-corrected chi connectivity index (χ4v) is 2.30. The summed E-state index contributed by atoms with van der Waals surface area (Å²) >= 11 is 11.8. The SMILES string of the molecule is Cc1nn(C)c(Oc2cc(Cl)cc(Cl)c2)c1C(N)=NO. The van der Waals surface area contributed by atoms with E-state index in [1.54, 1.807) is 32.2 Å². The highest BCUT2D eigenvalue weighted by Gasteiger charge is 2.19. The van der Waals surface area contributed by atoms with Crippen LogP contribution in [0.5, 0.6) is 11.6 Å². The zero-order chi connectivity index (χ0) is 14.9. The molecule has 0 atom stereocenters. The quantitative estimate of drug-likeness (QED) is 0.395. The van der Waals surface area contributed by atoms with Gasteiger partial charge in [0.25, 0.3) is 0 Å². The third-order valence-electron chi connectivity index (χ3n) is 2.58. The van der Waals surface area contributed by atoms with Crippen molar-refractivity contribution in [3.05, 3.63) is 39.5 Å². The normalized spacial score (nSPS) is 11.7. The van der Waals surface area contributed by atoms with E-state index >= 15 is 0 Å². The molecule has 0 unspecified atom stereocenters. The molecule has 0 saturated heterocycles. The number of halogens is 2. The van der Waals surface area contributed by atoms with Gasteiger partial charge in [0.05, 0.1) is 5.69 Å². The van der Waals surface area contributed by atoms with Crippen LogP contribution in [-0.4, -0.2) is 20.8 Å². The van der Waals surface area contributed by atoms with Crippen LogP contribution < -0.4 is 10.5 Å². The van der Waals surface area contributed by atoms with Gasteiger partial charge in [-0.25, -0.2) is 4.68 Å². The minimum Gasteiger partial charge on any atom is -0.438 e. The maximum Gasteiger partial charge on any atom is 0.229 e. The summed E-state index contributed by atoms with van der Waals surface area (Å²) in [6.07, 6.45) is 0. The van der Waals surface area contributed by atoms with Crippen molar-refractivity contribution in [3.8, 4) is 11.6 Å². The Bertz CT molecular complexity index is 662. The molecule has 1 aromatic heterocycles. The molecule has 1 aromatic carbocycles. The lowest BCUT2D eigenvalue weighted by Gasteiger charge is -2.09. The van der Waals surface area contributed by atoms with E-state index in [-0.39, 0.29) is 5.84 Å². The molecule has 0 radical (unpaired) electrons. The zero-order valence-corrected chi connectivity index (χ0v) is 12.3. The Labute approximate surface area is 125 Å². The third kappa shape index (κ3) is 2.81. The molecule has 0 aliphatic heterocycles. The second-order valence-corrected chi connectivity index (χ2v) is 4.95. The van der Waals surface area contributed by atoms with Crippen LogP contribution in [0.3, 0.4) is 0 Å². The van der Waals surface area contributed by atoms with Crippen molar-refractivity contribution in [2.75, 3.05) is 0 Å². The second kappa shape index (κ2) is 5.60. The fourth-order valence-electron chi connectivity index (χ4n) is 1.80. The molecule has 1 heterocycles. The van der Waals surface area contributed by atoms with E-state index in [1.165, 1.54) is 4.68 Å². The number of hydrogen-bond donors (Lipinski definition) is 2. The van der Waals surface area contributed by atoms with Crippen molar-refractivity contribution in [2.24, 2.45) is 17.9 Å². The van der Waals surface area contributed by atoms with Crippen molar-refractivity contribution in [2.45, 2.75) is 6.92 Å². The summed E-state index contributed by atoms with van der Waals surface area (Å²) in [5, 5.41) is 16.9. The van der Waals surface area contributed by atoms with Gasteiger partial charge in [-0.2, -0.15) is 5.10 Å². The van der Waals surface area contributed by atoms with Crippen molar-refractivity contribution in [3.63, 3.8) is 0 Å². The average molecular weight is 315 g/mol. The van der Waals surface area contributed by atoms with Crippen molar-refractivity contribution in [1.82, 2.24) is 9.78 Å². The highest BCUT2D eigenvalue weighted by molar-refractivity contribution is 6.34. The largest absolute Gasteiger partial charge is 0.438 e. The summed E-state index contributed by atoms with van der Waals surface area (Å²) in [5.41, 5.74) is 6.62. The number of rotatable bonds is 3. The van der Waals surface area contributed by atoms with Crippen molar-refractivity contribution in [1.29, 1.82) is 0 Å². The van der Waals surface area contributed by atoms with E-state index in [0.29, 0.717) is 32.9 Å². The number of aryl methyl sites for hydroxylation is 2. The Morgan fingerprint density at radius 1 is 1.35 bits per heavy atom. The molecule has 3 N–H and O–H groups in total. The Morgan fingerprint density at radius 3 is 2.50 bits per heavy atom. The lowest BCUT2D eigenvalue weighted by Crippen LogP contribution is -2.15. The van der Waals surface area contributed by atoms with Gasteiger partial charge >= 0.3 is 0 Å². The van der Waals surface area contributed by atoms with Gasteiger partial charge in [-0.1, -0.05) is 28.4 Å². The molecular weight excluding hydrogens is 303 g/mol. The van der Waals surface area contributed by atoms with Gasteiger partial charge < -0.3 is 15.7 Å². The molecule has 2 aromatic rings. The predicted octanol–water partition coefficient (Wildman–Crippen LogP) is 2.92. The molecule has 0 saturated carbocycles. The van der Waals surface area contributed by atoms with Gasteiger partial charge in [-0.05, 0) is 25.1 Å². The smallest absolute Gasteiger partial charge is 0.229 e. The van der Waals surface area contributed by atoms with E-state index < -0.39 is 0 Å². The summed E-state index contributed by atoms with van der Waals surface area (Å²) in [6, 6.07) is 4.80. The Balaban J connectivity index is 2.48. The highest BCUT2D eigenvalue weighted by Crippen LogP contribution is 2.31. The lowest BCUT2D eigenvalue weighted by molar-refractivity contribution is 0.318. The van der Waals surface area contributed by atoms with Crippen LogP contribution in [0.2, 0.25) is 10.0 Å². The van der Waals surface area contributed by atoms with Crippen LogP contribution in [0.4, 0.5) is 0 Å². The van der Waals surface area contributed by atoms with Crippen molar-refractivity contribution >= 4 is 29.0 Å². The number of amidine groups is 1. The van der Waals surface area contributed by atoms with Gasteiger partial charge in [-0.3, -0.25) is 0 Å². The maximum absolute atomic E-state index is 8.83. The first-order valence-corrected chi connectivity index (χ1v) is 6.33. The van der Waals surface area contributed by atoms with Gasteiger partial charge in [0.15, 0.2) is 5.84 Å². The molecule has 0 amide bonds. The minimum absolute atomic E-state index is 0.0845. The summed E-state index contributed by atoms with van der Waals surface area (Å²) in [7, 11) is 1.68. The lowest BCUT2D eigenvalue weighted by atomic mass is 10.2. The molecule has 0 fully saturated rings. The van der Waals surface area contributed by atoms with Crippen LogP contribution in [0, 0.1) is 6.92 Å². The third-order valence-corrected chi connectivity index (χ3v) is 3.02. The predicted molar refractivity (Wildman–Crippen MR) is 77.0 cm³/mol. The topological polar surface area (TPSA) is 85.7 Å². The number of hydrogen-bond acceptors (Lipinski definition) is 4. The Hall–Kier alpha value is -1.92. The number of nitrogens with two attached hydrogens (primary N) is 1. The highest BCUT2D eigenvalue weighted by atomic mass is 35.5. The molecule has 106 valence electrons.